The average molecular weight is 364 g/mol. The van der Waals surface area contributed by atoms with E-state index in [0.29, 0.717) is 18.8 Å². The summed E-state index contributed by atoms with van der Waals surface area (Å²) in [6.07, 6.45) is 0.759. The number of hydrogen-bond donors (Lipinski definition) is 1. The Morgan fingerprint density at radius 2 is 1.89 bits per heavy atom. The zero-order valence-corrected chi connectivity index (χ0v) is 15.6. The highest BCUT2D eigenvalue weighted by molar-refractivity contribution is 5.92. The Morgan fingerprint density at radius 1 is 1.15 bits per heavy atom. The van der Waals surface area contributed by atoms with E-state index in [0.717, 1.165) is 17.5 Å². The van der Waals surface area contributed by atoms with E-state index in [1.807, 2.05) is 68.4 Å². The lowest BCUT2D eigenvalue weighted by molar-refractivity contribution is 0.0633. The van der Waals surface area contributed by atoms with Crippen LogP contribution in [0.25, 0.3) is 11.3 Å². The summed E-state index contributed by atoms with van der Waals surface area (Å²) in [5.41, 5.74) is 3.89. The quantitative estimate of drug-likeness (QED) is 0.596. The Hall–Kier alpha value is -2.92. The molecule has 0 saturated heterocycles. The van der Waals surface area contributed by atoms with Crippen LogP contribution in [-0.2, 0) is 4.74 Å². The Morgan fingerprint density at radius 3 is 2.63 bits per heavy atom. The van der Waals surface area contributed by atoms with Crippen LogP contribution in [-0.4, -0.2) is 24.2 Å². The second-order valence-corrected chi connectivity index (χ2v) is 6.48. The van der Waals surface area contributed by atoms with E-state index in [-0.39, 0.29) is 17.8 Å². The van der Waals surface area contributed by atoms with Crippen LogP contribution in [0.4, 0.5) is 0 Å². The summed E-state index contributed by atoms with van der Waals surface area (Å²) in [4.78, 5) is 12.2. The van der Waals surface area contributed by atoms with Crippen molar-refractivity contribution in [1.82, 2.24) is 10.5 Å². The molecule has 1 unspecified atom stereocenters. The summed E-state index contributed by atoms with van der Waals surface area (Å²) in [6.45, 7) is 5.13. The number of nitrogens with one attached hydrogen (secondary N) is 1. The molecule has 0 aliphatic rings. The van der Waals surface area contributed by atoms with E-state index >= 15 is 0 Å². The minimum Gasteiger partial charge on any atom is -0.374 e. The molecule has 0 bridgehead atoms. The maximum absolute atomic E-state index is 12.2. The van der Waals surface area contributed by atoms with Gasteiger partial charge in [0.15, 0.2) is 0 Å². The summed E-state index contributed by atoms with van der Waals surface area (Å²) in [5.74, 6) is -0.0545. The molecular formula is C22H24N2O3. The molecule has 5 heteroatoms. The second kappa shape index (κ2) is 9.14. The van der Waals surface area contributed by atoms with Crippen LogP contribution in [0.2, 0.25) is 0 Å². The monoisotopic (exact) mass is 364 g/mol. The third-order valence-corrected chi connectivity index (χ3v) is 4.32. The number of carbonyl (C=O) groups is 1. The molecule has 140 valence electrons. The number of carbonyl (C=O) groups excluding carboxylic acids is 1. The van der Waals surface area contributed by atoms with Gasteiger partial charge in [0.1, 0.15) is 5.69 Å². The molecule has 1 atom stereocenters. The largest absolute Gasteiger partial charge is 0.374 e. The van der Waals surface area contributed by atoms with Gasteiger partial charge < -0.3 is 14.6 Å². The molecular weight excluding hydrogens is 340 g/mol. The Kier molecular flexibility index (Phi) is 6.39. The van der Waals surface area contributed by atoms with Gasteiger partial charge in [0, 0.05) is 24.8 Å². The van der Waals surface area contributed by atoms with Crippen molar-refractivity contribution >= 4 is 5.91 Å². The van der Waals surface area contributed by atoms with Crippen molar-refractivity contribution in [2.75, 3.05) is 13.2 Å². The zero-order valence-electron chi connectivity index (χ0n) is 15.6. The van der Waals surface area contributed by atoms with Crippen LogP contribution in [0.1, 0.15) is 41.1 Å². The Balaban J connectivity index is 1.41. The van der Waals surface area contributed by atoms with Gasteiger partial charge >= 0.3 is 0 Å². The van der Waals surface area contributed by atoms with Crippen molar-refractivity contribution in [3.8, 4) is 11.3 Å². The standard InChI is InChI=1S/C22H24N2O3/c1-16-9-11-19(12-10-16)20-15-21(27-24-20)22(25)23-13-6-14-26-17(2)18-7-4-3-5-8-18/h3-5,7-12,15,17H,6,13-14H2,1-2H3,(H,23,25). The smallest absolute Gasteiger partial charge is 0.289 e. The highest BCUT2D eigenvalue weighted by Crippen LogP contribution is 2.19. The van der Waals surface area contributed by atoms with Crippen molar-refractivity contribution < 1.29 is 14.1 Å². The van der Waals surface area contributed by atoms with Crippen molar-refractivity contribution in [2.24, 2.45) is 0 Å². The average Bonchev–Trinajstić information content (AvgIpc) is 3.19. The van der Waals surface area contributed by atoms with Crippen LogP contribution in [0, 0.1) is 6.92 Å². The fourth-order valence-electron chi connectivity index (χ4n) is 2.68. The molecule has 1 aromatic heterocycles. The topological polar surface area (TPSA) is 64.4 Å². The van der Waals surface area contributed by atoms with Crippen LogP contribution in [0.5, 0.6) is 0 Å². The fraction of sp³-hybridized carbons (Fsp3) is 0.273. The number of rotatable bonds is 8. The van der Waals surface area contributed by atoms with E-state index in [9.17, 15) is 4.79 Å². The molecule has 3 rings (SSSR count). The highest BCUT2D eigenvalue weighted by Gasteiger charge is 2.13. The van der Waals surface area contributed by atoms with Crippen molar-refractivity contribution in [3.63, 3.8) is 0 Å². The molecule has 27 heavy (non-hydrogen) atoms. The predicted octanol–water partition coefficient (Wildman–Crippen LogP) is 4.55. The molecule has 0 fully saturated rings. The lowest BCUT2D eigenvalue weighted by Crippen LogP contribution is -2.25. The summed E-state index contributed by atoms with van der Waals surface area (Å²) in [6, 6.07) is 19.6. The third-order valence-electron chi connectivity index (χ3n) is 4.32. The highest BCUT2D eigenvalue weighted by atomic mass is 16.5. The van der Waals surface area contributed by atoms with Crippen LogP contribution in [0.15, 0.2) is 65.2 Å². The minimum atomic E-state index is -0.267. The van der Waals surface area contributed by atoms with Crippen molar-refractivity contribution in [1.29, 1.82) is 0 Å². The fourth-order valence-corrected chi connectivity index (χ4v) is 2.68. The van der Waals surface area contributed by atoms with Gasteiger partial charge in [-0.3, -0.25) is 4.79 Å². The number of amides is 1. The number of ether oxygens (including phenoxy) is 1. The van der Waals surface area contributed by atoms with E-state index in [1.54, 1.807) is 6.07 Å². The zero-order chi connectivity index (χ0) is 19.1. The molecule has 1 heterocycles. The van der Waals surface area contributed by atoms with Gasteiger partial charge in [0.2, 0.25) is 5.76 Å². The molecule has 0 aliphatic heterocycles. The van der Waals surface area contributed by atoms with Crippen LogP contribution < -0.4 is 5.32 Å². The van der Waals surface area contributed by atoms with E-state index < -0.39 is 0 Å². The molecule has 1 amide bonds. The summed E-state index contributed by atoms with van der Waals surface area (Å²) in [7, 11) is 0. The molecule has 3 aromatic rings. The first-order valence-electron chi connectivity index (χ1n) is 9.12. The molecule has 0 aliphatic carbocycles. The van der Waals surface area contributed by atoms with Gasteiger partial charge in [-0.25, -0.2) is 0 Å². The Labute approximate surface area is 159 Å². The van der Waals surface area contributed by atoms with Gasteiger partial charge in [-0.1, -0.05) is 65.3 Å². The second-order valence-electron chi connectivity index (χ2n) is 6.48. The number of aromatic nitrogens is 1. The number of nitrogens with zero attached hydrogens (tertiary/aromatic N) is 1. The molecule has 0 saturated carbocycles. The molecule has 1 N–H and O–H groups in total. The van der Waals surface area contributed by atoms with Gasteiger partial charge in [0.05, 0.1) is 6.10 Å². The predicted molar refractivity (Wildman–Crippen MR) is 104 cm³/mol. The van der Waals surface area contributed by atoms with Gasteiger partial charge in [0.25, 0.3) is 5.91 Å². The summed E-state index contributed by atoms with van der Waals surface area (Å²) < 4.78 is 11.0. The number of aryl methyl sites for hydroxylation is 1. The lowest BCUT2D eigenvalue weighted by atomic mass is 10.1. The van der Waals surface area contributed by atoms with Gasteiger partial charge in [-0.15, -0.1) is 0 Å². The minimum absolute atomic E-state index is 0.0354. The van der Waals surface area contributed by atoms with Gasteiger partial charge in [-0.2, -0.15) is 0 Å². The van der Waals surface area contributed by atoms with Crippen molar-refractivity contribution in [3.05, 3.63) is 77.6 Å². The van der Waals surface area contributed by atoms with E-state index in [4.69, 9.17) is 9.26 Å². The van der Waals surface area contributed by atoms with Gasteiger partial charge in [-0.05, 0) is 25.8 Å². The molecule has 2 aromatic carbocycles. The van der Waals surface area contributed by atoms with E-state index in [2.05, 4.69) is 10.5 Å². The Bertz CT molecular complexity index is 857. The number of benzene rings is 2. The molecule has 0 spiro atoms. The molecule has 5 nitrogen and oxygen atoms in total. The van der Waals surface area contributed by atoms with E-state index in [1.165, 1.54) is 5.56 Å². The number of hydrogen-bond acceptors (Lipinski definition) is 4. The lowest BCUT2D eigenvalue weighted by Gasteiger charge is -2.13. The first-order chi connectivity index (χ1) is 13.1. The summed E-state index contributed by atoms with van der Waals surface area (Å²) >= 11 is 0. The summed E-state index contributed by atoms with van der Waals surface area (Å²) in [5, 5.41) is 6.81. The maximum atomic E-state index is 12.2. The first-order valence-corrected chi connectivity index (χ1v) is 9.12. The van der Waals surface area contributed by atoms with Crippen molar-refractivity contribution in [2.45, 2.75) is 26.4 Å². The molecule has 0 radical (unpaired) electrons. The first kappa shape index (κ1) is 18.9. The maximum Gasteiger partial charge on any atom is 0.289 e. The van der Waals surface area contributed by atoms with Crippen LogP contribution >= 0.6 is 0 Å². The van der Waals surface area contributed by atoms with Crippen LogP contribution in [0.3, 0.4) is 0 Å². The SMILES string of the molecule is Cc1ccc(-c2cc(C(=O)NCCCOC(C)c3ccccc3)on2)cc1. The normalized spacial score (nSPS) is 11.9. The third kappa shape index (κ3) is 5.28.